The largest absolute Gasteiger partial charge is 0.468 e. The van der Waals surface area contributed by atoms with Gasteiger partial charge in [-0.3, -0.25) is 0 Å². The van der Waals surface area contributed by atoms with E-state index in [1.54, 1.807) is 12.3 Å². The lowest BCUT2D eigenvalue weighted by molar-refractivity contribution is -0.154. The van der Waals surface area contributed by atoms with E-state index in [1.165, 1.54) is 10.6 Å². The van der Waals surface area contributed by atoms with Crippen LogP contribution in [0, 0.1) is 11.8 Å². The van der Waals surface area contributed by atoms with Gasteiger partial charge in [-0.15, -0.1) is 5.10 Å². The first-order valence-corrected chi connectivity index (χ1v) is 11.8. The fourth-order valence-corrected chi connectivity index (χ4v) is 5.31. The molecule has 2 atom stereocenters. The first kappa shape index (κ1) is 23.0. The van der Waals surface area contributed by atoms with Crippen LogP contribution < -0.4 is 15.0 Å². The number of alkyl halides is 3. The van der Waals surface area contributed by atoms with Crippen LogP contribution in [-0.4, -0.2) is 51.5 Å². The molecule has 3 aromatic rings. The third-order valence-corrected chi connectivity index (χ3v) is 6.90. The van der Waals surface area contributed by atoms with Gasteiger partial charge in [-0.2, -0.15) is 22.7 Å². The number of aromatic nitrogens is 4. The number of rotatable bonds is 6. The summed E-state index contributed by atoms with van der Waals surface area (Å²) >= 11 is 6.08. The van der Waals surface area contributed by atoms with E-state index in [-0.39, 0.29) is 17.8 Å². The van der Waals surface area contributed by atoms with Crippen molar-refractivity contribution in [3.8, 4) is 5.88 Å². The predicted molar refractivity (Wildman–Crippen MR) is 124 cm³/mol. The highest BCUT2D eigenvalue weighted by Crippen LogP contribution is 2.40. The molecule has 11 heteroatoms. The minimum absolute atomic E-state index is 0.0182. The molecule has 2 bridgehead atoms. The molecule has 0 spiro atoms. The topological polar surface area (TPSA) is 67.6 Å². The zero-order chi connectivity index (χ0) is 24.0. The van der Waals surface area contributed by atoms with Gasteiger partial charge in [-0.1, -0.05) is 25.4 Å². The number of pyridine rings is 2. The SMILES string of the molecule is CC(C)c1ccc(OCC(F)(F)F)n2nc(NC3C4CCC3CN(c3ccnc(Cl)c3)C4)nc12. The Labute approximate surface area is 200 Å². The second-order valence-electron chi connectivity index (χ2n) is 9.37. The molecule has 182 valence electrons. The maximum absolute atomic E-state index is 12.7. The molecule has 2 fully saturated rings. The van der Waals surface area contributed by atoms with E-state index in [0.29, 0.717) is 28.6 Å². The van der Waals surface area contributed by atoms with Gasteiger partial charge in [-0.25, -0.2) is 4.98 Å². The van der Waals surface area contributed by atoms with Gasteiger partial charge in [0.05, 0.1) is 0 Å². The van der Waals surface area contributed by atoms with Crippen molar-refractivity contribution in [2.45, 2.75) is 44.8 Å². The molecule has 7 nitrogen and oxygen atoms in total. The van der Waals surface area contributed by atoms with Crippen LogP contribution >= 0.6 is 11.6 Å². The van der Waals surface area contributed by atoms with Gasteiger partial charge in [0.15, 0.2) is 12.3 Å². The molecule has 0 aromatic carbocycles. The summed E-state index contributed by atoms with van der Waals surface area (Å²) in [6, 6.07) is 7.32. The number of hydrogen-bond donors (Lipinski definition) is 1. The summed E-state index contributed by atoms with van der Waals surface area (Å²) in [4.78, 5) is 11.1. The van der Waals surface area contributed by atoms with Crippen LogP contribution in [0.5, 0.6) is 5.88 Å². The lowest BCUT2D eigenvalue weighted by Crippen LogP contribution is -2.48. The van der Waals surface area contributed by atoms with Gasteiger partial charge in [0.2, 0.25) is 11.8 Å². The number of hydrogen-bond acceptors (Lipinski definition) is 6. The monoisotopic (exact) mass is 494 g/mol. The predicted octanol–water partition coefficient (Wildman–Crippen LogP) is 5.17. The van der Waals surface area contributed by atoms with Gasteiger partial charge in [-0.05, 0) is 54.4 Å². The number of fused-ring (bicyclic) bond motifs is 3. The van der Waals surface area contributed by atoms with Crippen LogP contribution in [0.1, 0.15) is 38.2 Å². The minimum Gasteiger partial charge on any atom is -0.468 e. The number of nitrogens with one attached hydrogen (secondary N) is 1. The summed E-state index contributed by atoms with van der Waals surface area (Å²) in [6.07, 6.45) is -0.545. The summed E-state index contributed by atoms with van der Waals surface area (Å²) < 4.78 is 44.6. The second-order valence-corrected chi connectivity index (χ2v) is 9.75. The zero-order valence-corrected chi connectivity index (χ0v) is 19.6. The lowest BCUT2D eigenvalue weighted by atomic mass is 9.92. The van der Waals surface area contributed by atoms with Crippen LogP contribution in [0.25, 0.3) is 5.65 Å². The van der Waals surface area contributed by atoms with Crippen LogP contribution in [0.2, 0.25) is 5.15 Å². The van der Waals surface area contributed by atoms with Crippen LogP contribution in [0.15, 0.2) is 30.5 Å². The van der Waals surface area contributed by atoms with Gasteiger partial charge >= 0.3 is 6.18 Å². The quantitative estimate of drug-likeness (QED) is 0.477. The Morgan fingerprint density at radius 1 is 1.18 bits per heavy atom. The molecule has 1 N–H and O–H groups in total. The highest BCUT2D eigenvalue weighted by atomic mass is 35.5. The minimum atomic E-state index is -4.43. The van der Waals surface area contributed by atoms with Crippen molar-refractivity contribution in [1.82, 2.24) is 19.6 Å². The number of ether oxygens (including phenoxy) is 1. The molecule has 5 rings (SSSR count). The van der Waals surface area contributed by atoms with E-state index in [4.69, 9.17) is 16.3 Å². The smallest absolute Gasteiger partial charge is 0.422 e. The number of halogens is 4. The van der Waals surface area contributed by atoms with Crippen molar-refractivity contribution in [1.29, 1.82) is 0 Å². The molecule has 1 saturated carbocycles. The van der Waals surface area contributed by atoms with E-state index in [1.807, 2.05) is 26.0 Å². The van der Waals surface area contributed by atoms with E-state index >= 15 is 0 Å². The average Bonchev–Trinajstić information content (AvgIpc) is 3.28. The molecule has 1 aliphatic heterocycles. The molecule has 3 aromatic heterocycles. The van der Waals surface area contributed by atoms with Crippen LogP contribution in [-0.2, 0) is 0 Å². The Morgan fingerprint density at radius 3 is 2.56 bits per heavy atom. The second kappa shape index (κ2) is 8.79. The molecule has 0 amide bonds. The van der Waals surface area contributed by atoms with Gasteiger partial charge in [0.25, 0.3) is 0 Å². The Balaban J connectivity index is 1.38. The molecule has 2 unspecified atom stereocenters. The number of anilines is 2. The van der Waals surface area contributed by atoms with Gasteiger partial charge < -0.3 is 15.0 Å². The average molecular weight is 495 g/mol. The Kier molecular flexibility index (Phi) is 5.95. The van der Waals surface area contributed by atoms with E-state index in [2.05, 4.69) is 25.3 Å². The zero-order valence-electron chi connectivity index (χ0n) is 18.9. The Morgan fingerprint density at radius 2 is 1.91 bits per heavy atom. The van der Waals surface area contributed by atoms with Gasteiger partial charge in [0, 0.05) is 37.1 Å². The van der Waals surface area contributed by atoms with E-state index in [0.717, 1.165) is 37.2 Å². The fraction of sp³-hybridized carbons (Fsp3) is 0.522. The molecule has 4 heterocycles. The highest BCUT2D eigenvalue weighted by Gasteiger charge is 2.42. The fourth-order valence-electron chi connectivity index (χ4n) is 5.14. The standard InChI is InChI=1S/C23H26ClF3N6O/c1-13(2)17-5-6-19(34-12-23(25,26)27)33-21(17)30-22(31-33)29-20-14-3-4-15(20)11-32(10-14)16-7-8-28-18(24)9-16/h5-9,13-15,20H,3-4,10-12H2,1-2H3,(H,29,31). The summed E-state index contributed by atoms with van der Waals surface area (Å²) in [7, 11) is 0. The highest BCUT2D eigenvalue weighted by molar-refractivity contribution is 6.29. The summed E-state index contributed by atoms with van der Waals surface area (Å²) in [6.45, 7) is 4.38. The van der Waals surface area contributed by atoms with Crippen molar-refractivity contribution < 1.29 is 17.9 Å². The summed E-state index contributed by atoms with van der Waals surface area (Å²) in [5.74, 6) is 1.34. The number of piperidine rings is 1. The normalized spacial score (nSPS) is 22.6. The van der Waals surface area contributed by atoms with Crippen molar-refractivity contribution in [2.24, 2.45) is 11.8 Å². The third kappa shape index (κ3) is 4.60. The van der Waals surface area contributed by atoms with Crippen molar-refractivity contribution in [2.75, 3.05) is 29.9 Å². The molecular weight excluding hydrogens is 469 g/mol. The Bertz CT molecular complexity index is 1170. The van der Waals surface area contributed by atoms with Crippen molar-refractivity contribution >= 4 is 28.9 Å². The molecule has 34 heavy (non-hydrogen) atoms. The molecule has 2 aliphatic rings. The summed E-state index contributed by atoms with van der Waals surface area (Å²) in [5, 5.41) is 8.47. The third-order valence-electron chi connectivity index (χ3n) is 6.69. The summed E-state index contributed by atoms with van der Waals surface area (Å²) in [5.41, 5.74) is 2.47. The first-order chi connectivity index (χ1) is 16.2. The van der Waals surface area contributed by atoms with Crippen LogP contribution in [0.4, 0.5) is 24.8 Å². The molecule has 1 saturated heterocycles. The maximum atomic E-state index is 12.7. The molecular formula is C23H26ClF3N6O. The Hall–Kier alpha value is -2.75. The van der Waals surface area contributed by atoms with Crippen molar-refractivity contribution in [3.05, 3.63) is 41.2 Å². The van der Waals surface area contributed by atoms with Crippen molar-refractivity contribution in [3.63, 3.8) is 0 Å². The molecule has 1 aliphatic carbocycles. The first-order valence-electron chi connectivity index (χ1n) is 11.4. The number of nitrogens with zero attached hydrogens (tertiary/aromatic N) is 5. The van der Waals surface area contributed by atoms with Crippen LogP contribution in [0.3, 0.4) is 0 Å². The maximum Gasteiger partial charge on any atom is 0.422 e. The lowest BCUT2D eigenvalue weighted by Gasteiger charge is -2.39. The van der Waals surface area contributed by atoms with E-state index < -0.39 is 12.8 Å². The van der Waals surface area contributed by atoms with Gasteiger partial charge in [0.1, 0.15) is 5.15 Å². The van der Waals surface area contributed by atoms with E-state index in [9.17, 15) is 13.2 Å². The molecule has 0 radical (unpaired) electrons.